The van der Waals surface area contributed by atoms with Gasteiger partial charge in [-0.25, -0.2) is 4.36 Å². The molecule has 0 radical (unpaired) electrons. The lowest BCUT2D eigenvalue weighted by Gasteiger charge is -1.94. The molecule has 1 rings (SSSR count). The van der Waals surface area contributed by atoms with Gasteiger partial charge in [-0.3, -0.25) is 0 Å². The molecule has 0 saturated carbocycles. The molecule has 3 heteroatoms. The predicted octanol–water partition coefficient (Wildman–Crippen LogP) is 3.03. The quantitative estimate of drug-likeness (QED) is 0.641. The van der Waals surface area contributed by atoms with Gasteiger partial charge in [0.25, 0.3) is 0 Å². The zero-order chi connectivity index (χ0) is 8.27. The average molecular weight is 188 g/mol. The van der Waals surface area contributed by atoms with Crippen LogP contribution in [0.3, 0.4) is 0 Å². The molecule has 0 atom stereocenters. The molecule has 0 aromatic heterocycles. The molecule has 60 valence electrons. The fourth-order valence-electron chi connectivity index (χ4n) is 0.744. The third-order valence-corrected chi connectivity index (χ3v) is 1.91. The molecule has 0 N–H and O–H groups in total. The van der Waals surface area contributed by atoms with Crippen molar-refractivity contribution >= 4 is 28.0 Å². The van der Waals surface area contributed by atoms with Crippen LogP contribution in [-0.2, 0) is 10.7 Å². The summed E-state index contributed by atoms with van der Waals surface area (Å²) >= 11 is 5.77. The Morgan fingerprint density at radius 2 is 2.09 bits per heavy atom. The minimum Gasteiger partial charge on any atom is -0.229 e. The molecule has 0 fully saturated rings. The van der Waals surface area contributed by atoms with Gasteiger partial charge >= 0.3 is 0 Å². The highest BCUT2D eigenvalue weighted by atomic mass is 35.5. The van der Waals surface area contributed by atoms with E-state index < -0.39 is 0 Å². The molecule has 0 aliphatic heterocycles. The normalized spacial score (nSPS) is 10.2. The Kier molecular flexibility index (Phi) is 3.09. The zero-order valence-corrected chi connectivity index (χ0v) is 8.12. The zero-order valence-electron chi connectivity index (χ0n) is 6.54. The first-order valence-corrected chi connectivity index (χ1v) is 5.61. The molecule has 0 aliphatic rings. The first-order chi connectivity index (χ1) is 5.18. The van der Waals surface area contributed by atoms with Crippen molar-refractivity contribution in [1.29, 1.82) is 0 Å². The first-order valence-electron chi connectivity index (χ1n) is 3.23. The molecule has 0 amide bonds. The molecule has 0 aliphatic carbocycles. The number of benzene rings is 1. The van der Waals surface area contributed by atoms with E-state index in [2.05, 4.69) is 16.9 Å². The van der Waals surface area contributed by atoms with Crippen LogP contribution < -0.4 is 0 Å². The predicted molar refractivity (Wildman–Crippen MR) is 52.8 cm³/mol. The number of hydrogen-bond donors (Lipinski definition) is 0. The van der Waals surface area contributed by atoms with E-state index in [1.807, 2.05) is 24.3 Å². The third-order valence-electron chi connectivity index (χ3n) is 1.10. The first kappa shape index (κ1) is 8.75. The number of rotatable bonds is 1. The lowest BCUT2D eigenvalue weighted by Crippen LogP contribution is -1.75. The van der Waals surface area contributed by atoms with Crippen molar-refractivity contribution in [2.24, 2.45) is 4.36 Å². The minimum atomic E-state index is 0.0915. The number of hydrogen-bond acceptors (Lipinski definition) is 1. The van der Waals surface area contributed by atoms with E-state index in [-0.39, 0.29) is 10.7 Å². The molecular weight excluding hydrogens is 178 g/mol. The molecule has 0 spiro atoms. The van der Waals surface area contributed by atoms with Crippen LogP contribution >= 0.6 is 11.6 Å². The molecule has 1 aromatic rings. The highest BCUT2D eigenvalue weighted by molar-refractivity contribution is 7.85. The lowest BCUT2D eigenvalue weighted by molar-refractivity contribution is 1.56. The van der Waals surface area contributed by atoms with Crippen molar-refractivity contribution in [1.82, 2.24) is 0 Å². The Hall–Kier alpha value is -0.340. The van der Waals surface area contributed by atoms with Gasteiger partial charge in [-0.05, 0) is 30.7 Å². The topological polar surface area (TPSA) is 12.4 Å². The summed E-state index contributed by atoms with van der Waals surface area (Å²) in [5.74, 6) is 0. The fraction of sp³-hybridized carbons (Fsp3) is 0.250. The summed E-state index contributed by atoms with van der Waals surface area (Å²) in [5.41, 5.74) is 0.964. The van der Waals surface area contributed by atoms with Gasteiger partial charge in [0.2, 0.25) is 0 Å². The molecule has 1 aromatic carbocycles. The Balaban J connectivity index is 2.97. The van der Waals surface area contributed by atoms with Gasteiger partial charge in [-0.15, -0.1) is 10.7 Å². The second-order valence-electron chi connectivity index (χ2n) is 2.34. The summed E-state index contributed by atoms with van der Waals surface area (Å²) in [6.07, 6.45) is 4.14. The van der Waals surface area contributed by atoms with Gasteiger partial charge < -0.3 is 0 Å². The maximum atomic E-state index is 5.77. The summed E-state index contributed by atoms with van der Waals surface area (Å²) in [5, 5.41) is 0.747. The van der Waals surface area contributed by atoms with Gasteiger partial charge in [0.15, 0.2) is 0 Å². The molecule has 0 unspecified atom stereocenters. The minimum absolute atomic E-state index is 0.0915. The van der Waals surface area contributed by atoms with Crippen LogP contribution in [-0.4, -0.2) is 12.5 Å². The van der Waals surface area contributed by atoms with Crippen molar-refractivity contribution in [2.45, 2.75) is 0 Å². The van der Waals surface area contributed by atoms with Crippen LogP contribution in [0.2, 0.25) is 5.02 Å². The van der Waals surface area contributed by atoms with Crippen LogP contribution in [0, 0.1) is 0 Å². The molecule has 0 heterocycles. The second kappa shape index (κ2) is 3.88. The van der Waals surface area contributed by atoms with E-state index in [0.29, 0.717) is 0 Å². The Morgan fingerprint density at radius 3 is 2.64 bits per heavy atom. The summed E-state index contributed by atoms with van der Waals surface area (Å²) in [7, 11) is 0.0915. The molecule has 1 nitrogen and oxygen atoms in total. The van der Waals surface area contributed by atoms with Crippen molar-refractivity contribution in [3.8, 4) is 0 Å². The van der Waals surface area contributed by atoms with Crippen molar-refractivity contribution in [3.05, 3.63) is 29.3 Å². The molecule has 0 bridgehead atoms. The van der Waals surface area contributed by atoms with Crippen molar-refractivity contribution < 1.29 is 0 Å². The van der Waals surface area contributed by atoms with Gasteiger partial charge in [-0.1, -0.05) is 17.7 Å². The van der Waals surface area contributed by atoms with Gasteiger partial charge in [0.1, 0.15) is 0 Å². The molecule has 0 saturated heterocycles. The summed E-state index contributed by atoms with van der Waals surface area (Å²) in [6, 6.07) is 7.59. The van der Waals surface area contributed by atoms with Crippen molar-refractivity contribution in [2.75, 3.05) is 12.5 Å². The molecule has 11 heavy (non-hydrogen) atoms. The van der Waals surface area contributed by atoms with Crippen LogP contribution in [0.15, 0.2) is 28.6 Å². The summed E-state index contributed by atoms with van der Waals surface area (Å²) in [6.45, 7) is 0. The average Bonchev–Trinajstić information content (AvgIpc) is 1.85. The van der Waals surface area contributed by atoms with Crippen LogP contribution in [0.1, 0.15) is 0 Å². The summed E-state index contributed by atoms with van der Waals surface area (Å²) in [4.78, 5) is 0. The largest absolute Gasteiger partial charge is 0.229 e. The smallest absolute Gasteiger partial charge is 0.0717 e. The third kappa shape index (κ3) is 3.04. The highest BCUT2D eigenvalue weighted by Crippen LogP contribution is 2.17. The standard InChI is InChI=1S/C8H10ClNS/c1-11(2)10-8-5-3-4-7(9)6-8/h3-6H,1-2H3. The summed E-state index contributed by atoms with van der Waals surface area (Å²) < 4.78 is 4.36. The van der Waals surface area contributed by atoms with E-state index in [0.717, 1.165) is 10.7 Å². The van der Waals surface area contributed by atoms with Crippen LogP contribution in [0.25, 0.3) is 0 Å². The van der Waals surface area contributed by atoms with Crippen molar-refractivity contribution in [3.63, 3.8) is 0 Å². The van der Waals surface area contributed by atoms with Gasteiger partial charge in [0.05, 0.1) is 5.69 Å². The van der Waals surface area contributed by atoms with E-state index in [1.54, 1.807) is 0 Å². The Bertz CT molecular complexity index is 279. The van der Waals surface area contributed by atoms with E-state index in [4.69, 9.17) is 11.6 Å². The fourth-order valence-corrected chi connectivity index (χ4v) is 1.46. The second-order valence-corrected chi connectivity index (χ2v) is 4.51. The Labute approximate surface area is 74.5 Å². The highest BCUT2D eigenvalue weighted by Gasteiger charge is 1.89. The monoisotopic (exact) mass is 187 g/mol. The van der Waals surface area contributed by atoms with E-state index in [9.17, 15) is 0 Å². The maximum absolute atomic E-state index is 5.77. The van der Waals surface area contributed by atoms with Crippen LogP contribution in [0.5, 0.6) is 0 Å². The molecular formula is C8H10ClNS. The van der Waals surface area contributed by atoms with Gasteiger partial charge in [0, 0.05) is 5.02 Å². The SMILES string of the molecule is CS(C)=Nc1cccc(Cl)c1. The van der Waals surface area contributed by atoms with E-state index in [1.165, 1.54) is 0 Å². The lowest BCUT2D eigenvalue weighted by atomic mass is 10.3. The Morgan fingerprint density at radius 1 is 1.36 bits per heavy atom. The number of nitrogens with zero attached hydrogens (tertiary/aromatic N) is 1. The maximum Gasteiger partial charge on any atom is 0.0717 e. The van der Waals surface area contributed by atoms with Gasteiger partial charge in [-0.2, -0.15) is 0 Å². The van der Waals surface area contributed by atoms with Crippen LogP contribution in [0.4, 0.5) is 5.69 Å². The number of halogens is 1. The van der Waals surface area contributed by atoms with E-state index >= 15 is 0 Å².